The number of nitrogens with two attached hydrogens (primary N) is 1. The number of ether oxygens (including phenoxy) is 1. The molecule has 1 aromatic rings. The maximum absolute atomic E-state index is 10.1. The van der Waals surface area contributed by atoms with Crippen LogP contribution in [-0.4, -0.2) is 29.9 Å². The first-order valence-corrected chi connectivity index (χ1v) is 10.6. The molecule has 26 heavy (non-hydrogen) atoms. The second kappa shape index (κ2) is 6.83. The van der Waals surface area contributed by atoms with Crippen molar-refractivity contribution in [3.05, 3.63) is 29.8 Å². The van der Waals surface area contributed by atoms with Crippen LogP contribution in [0.15, 0.2) is 24.3 Å². The van der Waals surface area contributed by atoms with Gasteiger partial charge < -0.3 is 15.2 Å². The molecule has 0 spiro atoms. The molecule has 0 amide bonds. The third-order valence-corrected chi connectivity index (χ3v) is 6.95. The highest BCUT2D eigenvalue weighted by Crippen LogP contribution is 2.60. The van der Waals surface area contributed by atoms with E-state index in [1.165, 1.54) is 44.1 Å². The van der Waals surface area contributed by atoms with Crippen molar-refractivity contribution in [2.24, 2.45) is 17.8 Å². The quantitative estimate of drug-likeness (QED) is 0.820. The van der Waals surface area contributed by atoms with Gasteiger partial charge in [0.15, 0.2) is 0 Å². The molecule has 3 N–H and O–H groups in total. The molecule has 1 atom stereocenters. The predicted molar refractivity (Wildman–Crippen MR) is 104 cm³/mol. The highest BCUT2D eigenvalue weighted by molar-refractivity contribution is 5.34. The molecule has 4 aliphatic rings. The van der Waals surface area contributed by atoms with Crippen LogP contribution in [0.1, 0.15) is 64.9 Å². The number of aliphatic hydroxyl groups is 1. The minimum absolute atomic E-state index is 0.139. The van der Waals surface area contributed by atoms with E-state index in [9.17, 15) is 5.11 Å². The molecule has 0 aliphatic heterocycles. The minimum atomic E-state index is -0.433. The van der Waals surface area contributed by atoms with Crippen LogP contribution in [0.3, 0.4) is 0 Å². The lowest BCUT2D eigenvalue weighted by Gasteiger charge is -2.57. The van der Waals surface area contributed by atoms with E-state index in [4.69, 9.17) is 4.74 Å². The van der Waals surface area contributed by atoms with Crippen molar-refractivity contribution in [1.82, 2.24) is 0 Å². The molecule has 5 rings (SSSR count). The van der Waals surface area contributed by atoms with Crippen molar-refractivity contribution in [1.29, 1.82) is 0 Å². The zero-order chi connectivity index (χ0) is 18.4. The van der Waals surface area contributed by atoms with Crippen molar-refractivity contribution < 1.29 is 15.2 Å². The van der Waals surface area contributed by atoms with E-state index >= 15 is 0 Å². The van der Waals surface area contributed by atoms with Crippen LogP contribution in [0, 0.1) is 17.8 Å². The maximum Gasteiger partial charge on any atom is 0.137 e. The summed E-state index contributed by atoms with van der Waals surface area (Å²) < 4.78 is 5.84. The average Bonchev–Trinajstić information content (AvgIpc) is 2.57. The first-order valence-electron chi connectivity index (χ1n) is 10.6. The topological polar surface area (TPSA) is 46.1 Å². The molecule has 0 saturated heterocycles. The summed E-state index contributed by atoms with van der Waals surface area (Å²) in [4.78, 5) is 0. The Morgan fingerprint density at radius 2 is 1.58 bits per heavy atom. The van der Waals surface area contributed by atoms with Crippen LogP contribution in [0.5, 0.6) is 5.75 Å². The molecule has 4 bridgehead atoms. The Morgan fingerprint density at radius 1 is 1.04 bits per heavy atom. The van der Waals surface area contributed by atoms with Gasteiger partial charge in [-0.25, -0.2) is 0 Å². The van der Waals surface area contributed by atoms with E-state index in [1.54, 1.807) is 0 Å². The predicted octanol–water partition coefficient (Wildman–Crippen LogP) is 3.26. The number of aliphatic hydroxyl groups excluding tert-OH is 1. The summed E-state index contributed by atoms with van der Waals surface area (Å²) in [6.45, 7) is 7.51. The van der Waals surface area contributed by atoms with Gasteiger partial charge in [-0.15, -0.1) is 0 Å². The van der Waals surface area contributed by atoms with Gasteiger partial charge >= 0.3 is 0 Å². The zero-order valence-electron chi connectivity index (χ0n) is 16.7. The maximum atomic E-state index is 10.1. The average molecular weight is 359 g/mol. The fraction of sp³-hybridized carbons (Fsp3) is 0.739. The van der Waals surface area contributed by atoms with E-state index in [-0.39, 0.29) is 5.54 Å². The summed E-state index contributed by atoms with van der Waals surface area (Å²) in [5, 5.41) is 12.3. The van der Waals surface area contributed by atoms with Crippen molar-refractivity contribution >= 4 is 0 Å². The Labute approximate surface area is 158 Å². The molecule has 144 valence electrons. The zero-order valence-corrected chi connectivity index (χ0v) is 16.7. The molecular weight excluding hydrogens is 322 g/mol. The van der Waals surface area contributed by atoms with Gasteiger partial charge in [0, 0.05) is 0 Å². The monoisotopic (exact) mass is 358 g/mol. The summed E-state index contributed by atoms with van der Waals surface area (Å²) in [5.41, 5.74) is 2.13. The van der Waals surface area contributed by atoms with Crippen molar-refractivity contribution in [2.75, 3.05) is 13.2 Å². The number of benzene rings is 1. The summed E-state index contributed by atoms with van der Waals surface area (Å²) in [7, 11) is 0. The van der Waals surface area contributed by atoms with Crippen LogP contribution < -0.4 is 10.1 Å². The molecule has 4 fully saturated rings. The molecule has 3 nitrogen and oxygen atoms in total. The molecule has 0 radical (unpaired) electrons. The number of hydrogen-bond acceptors (Lipinski definition) is 2. The van der Waals surface area contributed by atoms with E-state index in [0.717, 1.165) is 23.5 Å². The lowest BCUT2D eigenvalue weighted by atomic mass is 9.48. The number of quaternary nitrogens is 1. The second-order valence-electron chi connectivity index (χ2n) is 10.5. The minimum Gasteiger partial charge on any atom is -0.491 e. The molecule has 3 heteroatoms. The summed E-state index contributed by atoms with van der Waals surface area (Å²) >= 11 is 0. The molecule has 1 aromatic carbocycles. The smallest absolute Gasteiger partial charge is 0.137 e. The first kappa shape index (κ1) is 18.3. The SMILES string of the molecule is CC(C)(C)[NH2+]C[C@@H](O)COc1ccc(C23CC4CC(CC(C4)C2)C3)cc1. The van der Waals surface area contributed by atoms with Gasteiger partial charge in [0.2, 0.25) is 0 Å². The Kier molecular flexibility index (Phi) is 4.81. The van der Waals surface area contributed by atoms with Crippen molar-refractivity contribution in [2.45, 2.75) is 76.4 Å². The van der Waals surface area contributed by atoms with E-state index < -0.39 is 6.10 Å². The Bertz CT molecular complexity index is 581. The van der Waals surface area contributed by atoms with Crippen LogP contribution in [-0.2, 0) is 5.41 Å². The summed E-state index contributed by atoms with van der Waals surface area (Å²) in [6, 6.07) is 8.84. The number of hydrogen-bond donors (Lipinski definition) is 2. The van der Waals surface area contributed by atoms with Crippen LogP contribution in [0.2, 0.25) is 0 Å². The fourth-order valence-corrected chi connectivity index (χ4v) is 6.12. The molecule has 0 unspecified atom stereocenters. The lowest BCUT2D eigenvalue weighted by Crippen LogP contribution is -2.96. The van der Waals surface area contributed by atoms with Crippen LogP contribution in [0.25, 0.3) is 0 Å². The fourth-order valence-electron chi connectivity index (χ4n) is 6.12. The van der Waals surface area contributed by atoms with Gasteiger partial charge in [0.25, 0.3) is 0 Å². The molecule has 0 heterocycles. The van der Waals surface area contributed by atoms with E-state index in [1.807, 2.05) is 0 Å². The van der Waals surface area contributed by atoms with E-state index in [2.05, 4.69) is 50.4 Å². The van der Waals surface area contributed by atoms with Gasteiger partial charge in [0.05, 0.1) is 5.54 Å². The number of rotatable bonds is 6. The summed E-state index contributed by atoms with van der Waals surface area (Å²) in [5.74, 6) is 3.82. The largest absolute Gasteiger partial charge is 0.491 e. The lowest BCUT2D eigenvalue weighted by molar-refractivity contribution is -0.722. The highest BCUT2D eigenvalue weighted by Gasteiger charge is 2.51. The van der Waals surface area contributed by atoms with Crippen LogP contribution in [0.4, 0.5) is 0 Å². The van der Waals surface area contributed by atoms with Gasteiger partial charge in [0.1, 0.15) is 25.0 Å². The van der Waals surface area contributed by atoms with Gasteiger partial charge in [-0.05, 0) is 100 Å². The third kappa shape index (κ3) is 3.94. The van der Waals surface area contributed by atoms with Gasteiger partial charge in [-0.1, -0.05) is 12.1 Å². The third-order valence-electron chi connectivity index (χ3n) is 6.95. The standard InChI is InChI=1S/C23H35NO2/c1-22(2,3)24-14-20(25)15-26-21-6-4-19(5-7-21)23-11-16-8-17(12-23)10-18(9-16)13-23/h4-7,16-18,20,24-25H,8-15H2,1-3H3/p+1/t16?,17?,18?,20-,23?/m1/s1. The molecule has 0 aromatic heterocycles. The Balaban J connectivity index is 1.34. The normalized spacial score (nSPS) is 34.1. The molecule has 4 aliphatic carbocycles. The Hall–Kier alpha value is -1.06. The van der Waals surface area contributed by atoms with Crippen molar-refractivity contribution in [3.8, 4) is 5.75 Å². The molecular formula is C23H36NO2+. The van der Waals surface area contributed by atoms with Gasteiger partial charge in [-0.2, -0.15) is 0 Å². The first-order chi connectivity index (χ1) is 12.3. The van der Waals surface area contributed by atoms with E-state index in [0.29, 0.717) is 18.6 Å². The Morgan fingerprint density at radius 3 is 2.08 bits per heavy atom. The van der Waals surface area contributed by atoms with Crippen molar-refractivity contribution in [3.63, 3.8) is 0 Å². The summed E-state index contributed by atoms with van der Waals surface area (Å²) in [6.07, 6.45) is 8.25. The van der Waals surface area contributed by atoms with Crippen LogP contribution >= 0.6 is 0 Å². The van der Waals surface area contributed by atoms with Gasteiger partial charge in [-0.3, -0.25) is 0 Å². The second-order valence-corrected chi connectivity index (χ2v) is 10.5. The highest BCUT2D eigenvalue weighted by atomic mass is 16.5. The molecule has 4 saturated carbocycles.